The van der Waals surface area contributed by atoms with E-state index in [-0.39, 0.29) is 4.90 Å². The van der Waals surface area contributed by atoms with E-state index >= 15 is 0 Å². The molecule has 1 amide bonds. The molecule has 6 nitrogen and oxygen atoms in total. The van der Waals surface area contributed by atoms with Gasteiger partial charge < -0.3 is 0 Å². The molecule has 0 atom stereocenters. The number of nitrogens with zero attached hydrogens (tertiary/aromatic N) is 2. The number of hydrogen-bond donors (Lipinski definition) is 1. The second kappa shape index (κ2) is 10.4. The van der Waals surface area contributed by atoms with Gasteiger partial charge in [0.1, 0.15) is 6.54 Å². The fourth-order valence-corrected chi connectivity index (χ4v) is 4.84. The van der Waals surface area contributed by atoms with Crippen molar-refractivity contribution in [3.8, 4) is 0 Å². The van der Waals surface area contributed by atoms with Gasteiger partial charge >= 0.3 is 0 Å². The zero-order valence-corrected chi connectivity index (χ0v) is 20.1. The van der Waals surface area contributed by atoms with Crippen molar-refractivity contribution in [1.82, 2.24) is 5.43 Å². The van der Waals surface area contributed by atoms with Crippen LogP contribution in [0.4, 0.5) is 5.69 Å². The molecule has 0 radical (unpaired) electrons. The molecule has 3 rings (SSSR count). The largest absolute Gasteiger partial charge is 0.271 e. The van der Waals surface area contributed by atoms with Crippen molar-refractivity contribution in [3.63, 3.8) is 0 Å². The fraction of sp³-hybridized carbons (Fsp3) is 0.231. The number of hydrazone groups is 1. The van der Waals surface area contributed by atoms with Crippen LogP contribution in [0, 0.1) is 13.8 Å². The molecule has 0 unspecified atom stereocenters. The topological polar surface area (TPSA) is 78.8 Å². The molecule has 0 fully saturated rings. The monoisotopic (exact) mass is 463 g/mol. The Labute approximate surface area is 196 Å². The SMILES string of the molecule is Cc1cccc(N(CC(=O)N/N=C\c2ccc(C(C)C)cc2)S(=O)(=O)c2ccccc2)c1C. The minimum Gasteiger partial charge on any atom is -0.271 e. The molecule has 1 N–H and O–H groups in total. The highest BCUT2D eigenvalue weighted by Crippen LogP contribution is 2.28. The summed E-state index contributed by atoms with van der Waals surface area (Å²) in [6, 6.07) is 21.4. The highest BCUT2D eigenvalue weighted by molar-refractivity contribution is 7.92. The van der Waals surface area contributed by atoms with Crippen LogP contribution in [0.3, 0.4) is 0 Å². The number of amides is 1. The summed E-state index contributed by atoms with van der Waals surface area (Å²) in [5, 5.41) is 4.01. The Hall–Kier alpha value is -3.45. The highest BCUT2D eigenvalue weighted by atomic mass is 32.2. The number of nitrogens with one attached hydrogen (secondary N) is 1. The predicted octanol–water partition coefficient (Wildman–Crippen LogP) is 4.77. The summed E-state index contributed by atoms with van der Waals surface area (Å²) in [7, 11) is -3.96. The third kappa shape index (κ3) is 5.87. The maximum atomic E-state index is 13.4. The molecule has 3 aromatic rings. The van der Waals surface area contributed by atoms with Gasteiger partial charge in [0.05, 0.1) is 16.8 Å². The van der Waals surface area contributed by atoms with E-state index in [9.17, 15) is 13.2 Å². The van der Waals surface area contributed by atoms with Gasteiger partial charge in [0.2, 0.25) is 0 Å². The highest BCUT2D eigenvalue weighted by Gasteiger charge is 2.28. The standard InChI is InChI=1S/C26H29N3O3S/c1-19(2)23-15-13-22(14-16-23)17-27-28-26(30)18-29(25-12-8-9-20(3)21(25)4)33(31,32)24-10-6-5-7-11-24/h5-17,19H,18H2,1-4H3,(H,28,30)/b27-17-. The third-order valence-electron chi connectivity index (χ3n) is 5.47. The number of sulfonamides is 1. The Bertz CT molecular complexity index is 1240. The van der Waals surface area contributed by atoms with Gasteiger partial charge in [-0.25, -0.2) is 13.8 Å². The van der Waals surface area contributed by atoms with Crippen molar-refractivity contribution < 1.29 is 13.2 Å². The molecule has 0 saturated carbocycles. The van der Waals surface area contributed by atoms with Crippen LogP contribution < -0.4 is 9.73 Å². The molecular weight excluding hydrogens is 434 g/mol. The summed E-state index contributed by atoms with van der Waals surface area (Å²) in [6.45, 7) is 7.59. The average Bonchev–Trinajstić information content (AvgIpc) is 2.80. The first kappa shape index (κ1) is 24.2. The normalized spacial score (nSPS) is 11.7. The Morgan fingerprint density at radius 3 is 2.27 bits per heavy atom. The maximum Gasteiger partial charge on any atom is 0.264 e. The lowest BCUT2D eigenvalue weighted by Gasteiger charge is -2.26. The van der Waals surface area contributed by atoms with E-state index in [1.807, 2.05) is 44.2 Å². The minimum absolute atomic E-state index is 0.118. The van der Waals surface area contributed by atoms with E-state index in [4.69, 9.17) is 0 Å². The Morgan fingerprint density at radius 2 is 1.64 bits per heavy atom. The molecule has 0 aliphatic heterocycles. The number of carbonyl (C=O) groups is 1. The van der Waals surface area contributed by atoms with Crippen molar-refractivity contribution in [2.45, 2.75) is 38.5 Å². The molecule has 0 saturated heterocycles. The van der Waals surface area contributed by atoms with E-state index in [0.717, 1.165) is 21.0 Å². The van der Waals surface area contributed by atoms with Crippen LogP contribution in [-0.2, 0) is 14.8 Å². The summed E-state index contributed by atoms with van der Waals surface area (Å²) in [6.07, 6.45) is 1.54. The van der Waals surface area contributed by atoms with Gasteiger partial charge in [-0.2, -0.15) is 5.10 Å². The van der Waals surface area contributed by atoms with Gasteiger partial charge in [-0.15, -0.1) is 0 Å². The van der Waals surface area contributed by atoms with Gasteiger partial charge in [-0.1, -0.05) is 68.4 Å². The smallest absolute Gasteiger partial charge is 0.264 e. The molecule has 0 heterocycles. The second-order valence-electron chi connectivity index (χ2n) is 8.16. The third-order valence-corrected chi connectivity index (χ3v) is 7.24. The molecule has 33 heavy (non-hydrogen) atoms. The Balaban J connectivity index is 1.83. The summed E-state index contributed by atoms with van der Waals surface area (Å²) in [4.78, 5) is 12.8. The van der Waals surface area contributed by atoms with Gasteiger partial charge in [0, 0.05) is 0 Å². The van der Waals surface area contributed by atoms with Crippen LogP contribution in [0.25, 0.3) is 0 Å². The van der Waals surface area contributed by atoms with Gasteiger partial charge in [-0.05, 0) is 60.2 Å². The van der Waals surface area contributed by atoms with Crippen LogP contribution >= 0.6 is 0 Å². The lowest BCUT2D eigenvalue weighted by Crippen LogP contribution is -2.40. The summed E-state index contributed by atoms with van der Waals surface area (Å²) in [5.74, 6) is -0.108. The minimum atomic E-state index is -3.96. The van der Waals surface area contributed by atoms with Crippen LogP contribution in [-0.4, -0.2) is 27.1 Å². The number of carbonyl (C=O) groups excluding carboxylic acids is 1. The predicted molar refractivity (Wildman–Crippen MR) is 133 cm³/mol. The summed E-state index contributed by atoms with van der Waals surface area (Å²) < 4.78 is 28.0. The molecule has 0 aromatic heterocycles. The second-order valence-corrected chi connectivity index (χ2v) is 10.0. The van der Waals surface area contributed by atoms with Crippen molar-refractivity contribution in [3.05, 3.63) is 95.1 Å². The van der Waals surface area contributed by atoms with Gasteiger partial charge in [0.15, 0.2) is 0 Å². The summed E-state index contributed by atoms with van der Waals surface area (Å²) in [5.41, 5.74) is 6.69. The van der Waals surface area contributed by atoms with Crippen LogP contribution in [0.1, 0.15) is 42.0 Å². The first-order valence-electron chi connectivity index (χ1n) is 10.8. The van der Waals surface area contributed by atoms with Crippen molar-refractivity contribution in [2.75, 3.05) is 10.8 Å². The number of benzene rings is 3. The molecule has 0 aliphatic carbocycles. The molecule has 3 aromatic carbocycles. The van der Waals surface area contributed by atoms with Crippen molar-refractivity contribution in [2.24, 2.45) is 5.10 Å². The molecule has 0 spiro atoms. The first-order chi connectivity index (χ1) is 15.7. The van der Waals surface area contributed by atoms with Gasteiger partial charge in [-0.3, -0.25) is 9.10 Å². The van der Waals surface area contributed by atoms with Crippen LogP contribution in [0.2, 0.25) is 0 Å². The number of aryl methyl sites for hydroxylation is 1. The fourth-order valence-electron chi connectivity index (χ4n) is 3.34. The number of hydrogen-bond acceptors (Lipinski definition) is 4. The molecule has 172 valence electrons. The van der Waals surface area contributed by atoms with E-state index in [1.54, 1.807) is 30.3 Å². The zero-order chi connectivity index (χ0) is 24.0. The summed E-state index contributed by atoms with van der Waals surface area (Å²) >= 11 is 0. The Kier molecular flexibility index (Phi) is 7.66. The molecule has 0 aliphatic rings. The van der Waals surface area contributed by atoms with E-state index < -0.39 is 22.5 Å². The van der Waals surface area contributed by atoms with E-state index in [1.165, 1.54) is 23.9 Å². The molecule has 7 heteroatoms. The van der Waals surface area contributed by atoms with E-state index in [0.29, 0.717) is 11.6 Å². The maximum absolute atomic E-state index is 13.4. The lowest BCUT2D eigenvalue weighted by molar-refractivity contribution is -0.119. The van der Waals surface area contributed by atoms with Crippen molar-refractivity contribution >= 4 is 27.8 Å². The number of rotatable bonds is 8. The average molecular weight is 464 g/mol. The van der Waals surface area contributed by atoms with E-state index in [2.05, 4.69) is 24.4 Å². The first-order valence-corrected chi connectivity index (χ1v) is 12.2. The Morgan fingerprint density at radius 1 is 0.970 bits per heavy atom. The van der Waals surface area contributed by atoms with Gasteiger partial charge in [0.25, 0.3) is 15.9 Å². The lowest BCUT2D eigenvalue weighted by atomic mass is 10.0. The number of anilines is 1. The molecule has 0 bridgehead atoms. The van der Waals surface area contributed by atoms with Crippen LogP contribution in [0.5, 0.6) is 0 Å². The molecular formula is C26H29N3O3S. The quantitative estimate of drug-likeness (QED) is 0.386. The van der Waals surface area contributed by atoms with Crippen molar-refractivity contribution in [1.29, 1.82) is 0 Å². The zero-order valence-electron chi connectivity index (χ0n) is 19.3. The van der Waals surface area contributed by atoms with Crippen LogP contribution in [0.15, 0.2) is 82.8 Å².